The lowest BCUT2D eigenvalue weighted by molar-refractivity contribution is -0.114. The van der Waals surface area contributed by atoms with Crippen molar-refractivity contribution in [2.24, 2.45) is 7.05 Å². The van der Waals surface area contributed by atoms with Gasteiger partial charge in [-0.15, -0.1) is 36.2 Å². The fourth-order valence-electron chi connectivity index (χ4n) is 2.68. The number of imidazole rings is 1. The quantitative estimate of drug-likeness (QED) is 0.829. The zero-order valence-corrected chi connectivity index (χ0v) is 16.0. The molecule has 0 spiro atoms. The Labute approximate surface area is 157 Å². The van der Waals surface area contributed by atoms with Gasteiger partial charge in [-0.05, 0) is 0 Å². The van der Waals surface area contributed by atoms with Gasteiger partial charge in [0.15, 0.2) is 5.13 Å². The highest BCUT2D eigenvalue weighted by Crippen LogP contribution is 2.24. The van der Waals surface area contributed by atoms with Crippen molar-refractivity contribution in [1.82, 2.24) is 24.8 Å². The maximum Gasteiger partial charge on any atom is 0.223 e. The van der Waals surface area contributed by atoms with Crippen LogP contribution in [-0.2, 0) is 18.4 Å². The molecule has 1 aliphatic rings. The van der Waals surface area contributed by atoms with Gasteiger partial charge in [-0.25, -0.2) is 9.97 Å². The van der Waals surface area contributed by atoms with Gasteiger partial charge in [0.25, 0.3) is 0 Å². The van der Waals surface area contributed by atoms with Gasteiger partial charge in [-0.1, -0.05) is 0 Å². The number of aryl methyl sites for hydroxylation is 1. The van der Waals surface area contributed by atoms with Crippen molar-refractivity contribution in [3.05, 3.63) is 29.3 Å². The Morgan fingerprint density at radius 2 is 2.29 bits per heavy atom. The van der Waals surface area contributed by atoms with Crippen molar-refractivity contribution >= 4 is 47.2 Å². The lowest BCUT2D eigenvalue weighted by Gasteiger charge is -2.35. The topological polar surface area (TPSA) is 75.1 Å². The number of hydrogen-bond acceptors (Lipinski definition) is 6. The Morgan fingerprint density at radius 3 is 2.96 bits per heavy atom. The molecule has 1 unspecified atom stereocenters. The van der Waals surface area contributed by atoms with Crippen LogP contribution in [0.1, 0.15) is 24.5 Å². The Balaban J connectivity index is 0.00000144. The van der Waals surface area contributed by atoms with Crippen LogP contribution in [0.4, 0.5) is 5.13 Å². The molecule has 1 amide bonds. The summed E-state index contributed by atoms with van der Waals surface area (Å²) in [6.07, 6.45) is 3.81. The number of carbonyl (C=O) groups excluding carboxylic acids is 1. The van der Waals surface area contributed by atoms with E-state index >= 15 is 0 Å². The number of aromatic nitrogens is 3. The molecule has 134 valence electrons. The van der Waals surface area contributed by atoms with Crippen LogP contribution >= 0.6 is 36.2 Å². The minimum atomic E-state index is -0.0889. The van der Waals surface area contributed by atoms with Crippen molar-refractivity contribution in [3.63, 3.8) is 0 Å². The van der Waals surface area contributed by atoms with Crippen molar-refractivity contribution in [3.8, 4) is 0 Å². The molecule has 1 fully saturated rings. The number of halogens is 2. The first-order valence-corrected chi connectivity index (χ1v) is 8.15. The summed E-state index contributed by atoms with van der Waals surface area (Å²) in [5, 5.41) is 8.82. The minimum Gasteiger partial charge on any atom is -0.337 e. The molecule has 0 bridgehead atoms. The van der Waals surface area contributed by atoms with E-state index in [-0.39, 0.29) is 36.8 Å². The highest BCUT2D eigenvalue weighted by Gasteiger charge is 2.27. The SMILES string of the molecule is CC(=O)Nc1nc(CN2CCNCC2c2nccn2C)cs1.Cl.Cl. The van der Waals surface area contributed by atoms with E-state index in [1.165, 1.54) is 18.3 Å². The van der Waals surface area contributed by atoms with Gasteiger partial charge in [0.05, 0.1) is 11.7 Å². The van der Waals surface area contributed by atoms with E-state index < -0.39 is 0 Å². The molecule has 3 heterocycles. The number of thiazole rings is 1. The molecule has 0 saturated carbocycles. The van der Waals surface area contributed by atoms with E-state index in [0.717, 1.165) is 37.7 Å². The molecule has 1 aliphatic heterocycles. The van der Waals surface area contributed by atoms with Gasteiger partial charge in [-0.2, -0.15) is 0 Å². The zero-order valence-electron chi connectivity index (χ0n) is 13.6. The van der Waals surface area contributed by atoms with E-state index in [1.54, 1.807) is 0 Å². The van der Waals surface area contributed by atoms with Crippen LogP contribution in [0.5, 0.6) is 0 Å². The average molecular weight is 393 g/mol. The Hall–Kier alpha value is -1.19. The van der Waals surface area contributed by atoms with E-state index in [2.05, 4.69) is 30.1 Å². The normalized spacial score (nSPS) is 17.7. The number of anilines is 1. The Kier molecular flexibility index (Phi) is 8.11. The smallest absolute Gasteiger partial charge is 0.223 e. The van der Waals surface area contributed by atoms with Gasteiger partial charge in [0.1, 0.15) is 5.82 Å². The molecule has 24 heavy (non-hydrogen) atoms. The summed E-state index contributed by atoms with van der Waals surface area (Å²) >= 11 is 1.46. The Bertz CT molecular complexity index is 661. The zero-order chi connectivity index (χ0) is 15.5. The van der Waals surface area contributed by atoms with Crippen molar-refractivity contribution in [2.75, 3.05) is 25.0 Å². The third-order valence-corrected chi connectivity index (χ3v) is 4.52. The molecule has 0 aromatic carbocycles. The van der Waals surface area contributed by atoms with E-state index in [4.69, 9.17) is 0 Å². The van der Waals surface area contributed by atoms with E-state index in [1.807, 2.05) is 24.8 Å². The molecule has 2 aromatic heterocycles. The molecule has 1 atom stereocenters. The molecule has 0 radical (unpaired) electrons. The fraction of sp³-hybridized carbons (Fsp3) is 0.500. The lowest BCUT2D eigenvalue weighted by atomic mass is 10.1. The van der Waals surface area contributed by atoms with Crippen LogP contribution in [0.25, 0.3) is 0 Å². The fourth-order valence-corrected chi connectivity index (χ4v) is 3.43. The third-order valence-electron chi connectivity index (χ3n) is 3.71. The number of hydrogen-bond donors (Lipinski definition) is 2. The first-order chi connectivity index (χ1) is 10.6. The largest absolute Gasteiger partial charge is 0.337 e. The molecule has 10 heteroatoms. The molecule has 2 aromatic rings. The van der Waals surface area contributed by atoms with Gasteiger partial charge < -0.3 is 15.2 Å². The number of rotatable bonds is 4. The predicted octanol–water partition coefficient (Wildman–Crippen LogP) is 1.83. The van der Waals surface area contributed by atoms with Crippen LogP contribution in [0.2, 0.25) is 0 Å². The molecule has 0 aliphatic carbocycles. The summed E-state index contributed by atoms with van der Waals surface area (Å²) in [6, 6.07) is 0.236. The highest BCUT2D eigenvalue weighted by atomic mass is 35.5. The van der Waals surface area contributed by atoms with Crippen molar-refractivity contribution in [2.45, 2.75) is 19.5 Å². The van der Waals surface area contributed by atoms with Crippen molar-refractivity contribution < 1.29 is 4.79 Å². The molecule has 1 saturated heterocycles. The van der Waals surface area contributed by atoms with Crippen LogP contribution in [-0.4, -0.2) is 45.0 Å². The van der Waals surface area contributed by atoms with Crippen molar-refractivity contribution in [1.29, 1.82) is 0 Å². The van der Waals surface area contributed by atoms with Gasteiger partial charge in [0.2, 0.25) is 5.91 Å². The van der Waals surface area contributed by atoms with Gasteiger partial charge in [-0.3, -0.25) is 9.69 Å². The first-order valence-electron chi connectivity index (χ1n) is 7.27. The number of nitrogens with one attached hydrogen (secondary N) is 2. The first kappa shape index (κ1) is 20.9. The molecular weight excluding hydrogens is 371 g/mol. The van der Waals surface area contributed by atoms with E-state index in [9.17, 15) is 4.79 Å². The molecule has 2 N–H and O–H groups in total. The molecular formula is C14H22Cl2N6OS. The lowest BCUT2D eigenvalue weighted by Crippen LogP contribution is -2.46. The van der Waals surface area contributed by atoms with Crippen LogP contribution in [0.3, 0.4) is 0 Å². The number of amides is 1. The maximum absolute atomic E-state index is 11.1. The average Bonchev–Trinajstić information content (AvgIpc) is 3.08. The highest BCUT2D eigenvalue weighted by molar-refractivity contribution is 7.13. The van der Waals surface area contributed by atoms with E-state index in [0.29, 0.717) is 5.13 Å². The van der Waals surface area contributed by atoms with Gasteiger partial charge in [0, 0.05) is 57.9 Å². The maximum atomic E-state index is 11.1. The van der Waals surface area contributed by atoms with Gasteiger partial charge >= 0.3 is 0 Å². The summed E-state index contributed by atoms with van der Waals surface area (Å²) in [5.74, 6) is 0.971. The number of carbonyl (C=O) groups is 1. The minimum absolute atomic E-state index is 0. The van der Waals surface area contributed by atoms with Crippen LogP contribution in [0, 0.1) is 0 Å². The summed E-state index contributed by atoms with van der Waals surface area (Å²) in [6.45, 7) is 5.05. The molecule has 3 rings (SSSR count). The van der Waals surface area contributed by atoms with Crippen LogP contribution in [0.15, 0.2) is 17.8 Å². The number of nitrogens with zero attached hydrogens (tertiary/aromatic N) is 4. The monoisotopic (exact) mass is 392 g/mol. The molecule has 7 nitrogen and oxygen atoms in total. The van der Waals surface area contributed by atoms with Crippen LogP contribution < -0.4 is 10.6 Å². The summed E-state index contributed by atoms with van der Waals surface area (Å²) < 4.78 is 2.06. The summed E-state index contributed by atoms with van der Waals surface area (Å²) in [7, 11) is 2.02. The number of piperazine rings is 1. The Morgan fingerprint density at radius 1 is 1.50 bits per heavy atom. The second-order valence-electron chi connectivity index (χ2n) is 5.41. The second kappa shape index (κ2) is 9.33. The third kappa shape index (κ3) is 4.90. The standard InChI is InChI=1S/C14H20N6OS.2ClH/c1-10(21)17-14-18-11(9-22-14)8-20-6-3-15-7-12(20)13-16-4-5-19(13)2;;/h4-5,9,12,15H,3,6-8H2,1-2H3,(H,17,18,21);2*1H. The predicted molar refractivity (Wildman–Crippen MR) is 100 cm³/mol. The summed E-state index contributed by atoms with van der Waals surface area (Å²) in [5.41, 5.74) is 0.981. The summed E-state index contributed by atoms with van der Waals surface area (Å²) in [4.78, 5) is 22.4. The second-order valence-corrected chi connectivity index (χ2v) is 6.27.